The topological polar surface area (TPSA) is 15.3 Å². The summed E-state index contributed by atoms with van der Waals surface area (Å²) in [6, 6.07) is 0. The first-order valence-electron chi connectivity index (χ1n) is 8.49. The van der Waals surface area contributed by atoms with Gasteiger partial charge in [-0.2, -0.15) is 0 Å². The molecule has 2 nitrogen and oxygen atoms in total. The normalized spacial score (nSPS) is 21.9. The summed E-state index contributed by atoms with van der Waals surface area (Å²) < 4.78 is 0. The smallest absolute Gasteiger partial charge is 0.0353 e. The Bertz CT molecular complexity index is 504. The van der Waals surface area contributed by atoms with Crippen LogP contribution >= 0.6 is 0 Å². The molecule has 0 atom stereocenters. The molecule has 1 saturated carbocycles. The molecule has 0 aromatic heterocycles. The van der Waals surface area contributed by atoms with Crippen LogP contribution in [0.2, 0.25) is 0 Å². The van der Waals surface area contributed by atoms with Crippen molar-refractivity contribution in [1.82, 2.24) is 10.2 Å². The third-order valence-electron chi connectivity index (χ3n) is 4.85. The molecule has 1 fully saturated rings. The van der Waals surface area contributed by atoms with E-state index in [4.69, 9.17) is 0 Å². The summed E-state index contributed by atoms with van der Waals surface area (Å²) in [5.41, 5.74) is 5.13. The van der Waals surface area contributed by atoms with Gasteiger partial charge in [-0.1, -0.05) is 33.1 Å². The predicted molar refractivity (Wildman–Crippen MR) is 96.5 cm³/mol. The molecule has 0 aromatic rings. The van der Waals surface area contributed by atoms with Gasteiger partial charge in [-0.05, 0) is 61.2 Å². The summed E-state index contributed by atoms with van der Waals surface area (Å²) >= 11 is 0. The molecule has 1 N–H and O–H groups in total. The number of likely N-dealkylation sites (N-methyl/N-ethyl adjacent to an activating group) is 1. The minimum Gasteiger partial charge on any atom is -0.385 e. The highest BCUT2D eigenvalue weighted by atomic mass is 15.1. The fraction of sp³-hybridized carbons (Fsp3) is 0.600. The lowest BCUT2D eigenvalue weighted by Gasteiger charge is -2.23. The fourth-order valence-corrected chi connectivity index (χ4v) is 3.07. The van der Waals surface area contributed by atoms with Gasteiger partial charge in [0.2, 0.25) is 0 Å². The Kier molecular flexibility index (Phi) is 5.20. The first-order chi connectivity index (χ1) is 10.3. The zero-order valence-corrected chi connectivity index (χ0v) is 14.8. The minimum absolute atomic E-state index is 0.389. The third kappa shape index (κ3) is 4.79. The highest BCUT2D eigenvalue weighted by Crippen LogP contribution is 2.34. The average Bonchev–Trinajstić information content (AvgIpc) is 3.25. The van der Waals surface area contributed by atoms with Gasteiger partial charge in [0.25, 0.3) is 0 Å². The van der Waals surface area contributed by atoms with E-state index in [1.165, 1.54) is 30.5 Å². The Morgan fingerprint density at radius 2 is 2.05 bits per heavy atom. The number of allylic oxidation sites excluding steroid dienone is 3. The third-order valence-corrected chi connectivity index (χ3v) is 4.85. The predicted octanol–water partition coefficient (Wildman–Crippen LogP) is 4.64. The van der Waals surface area contributed by atoms with Gasteiger partial charge in [-0.3, -0.25) is 0 Å². The van der Waals surface area contributed by atoms with Crippen molar-refractivity contribution in [2.24, 2.45) is 11.3 Å². The van der Waals surface area contributed by atoms with Gasteiger partial charge < -0.3 is 10.2 Å². The number of nitrogens with zero attached hydrogens (tertiary/aromatic N) is 1. The lowest BCUT2D eigenvalue weighted by molar-refractivity contribution is 0.301. The number of nitrogens with one attached hydrogen (secondary N) is 1. The first-order valence-corrected chi connectivity index (χ1v) is 8.49. The van der Waals surface area contributed by atoms with Crippen molar-refractivity contribution in [1.29, 1.82) is 0 Å². The van der Waals surface area contributed by atoms with Crippen LogP contribution in [0.15, 0.2) is 47.9 Å². The van der Waals surface area contributed by atoms with Gasteiger partial charge in [0.1, 0.15) is 0 Å². The number of hydrogen-bond donors (Lipinski definition) is 1. The van der Waals surface area contributed by atoms with Gasteiger partial charge in [0.05, 0.1) is 0 Å². The van der Waals surface area contributed by atoms with Crippen molar-refractivity contribution >= 4 is 0 Å². The molecular formula is C20H32N2. The molecule has 0 spiro atoms. The van der Waals surface area contributed by atoms with Crippen molar-refractivity contribution in [3.05, 3.63) is 47.9 Å². The van der Waals surface area contributed by atoms with Gasteiger partial charge in [0, 0.05) is 31.5 Å². The second kappa shape index (κ2) is 6.76. The zero-order valence-electron chi connectivity index (χ0n) is 14.8. The fourth-order valence-electron chi connectivity index (χ4n) is 3.07. The molecule has 2 aliphatic rings. The Labute approximate surface area is 136 Å². The molecule has 2 heteroatoms. The largest absolute Gasteiger partial charge is 0.385 e. The molecule has 0 saturated heterocycles. The lowest BCUT2D eigenvalue weighted by atomic mass is 9.83. The highest BCUT2D eigenvalue weighted by molar-refractivity contribution is 5.38. The van der Waals surface area contributed by atoms with Crippen LogP contribution < -0.4 is 5.32 Å². The van der Waals surface area contributed by atoms with Crippen LogP contribution in [0.4, 0.5) is 0 Å². The second-order valence-electron chi connectivity index (χ2n) is 7.84. The molecular weight excluding hydrogens is 268 g/mol. The van der Waals surface area contributed by atoms with E-state index < -0.39 is 0 Å². The van der Waals surface area contributed by atoms with Gasteiger partial charge in [0.15, 0.2) is 0 Å². The van der Waals surface area contributed by atoms with Crippen LogP contribution in [0.25, 0.3) is 0 Å². The van der Waals surface area contributed by atoms with Gasteiger partial charge >= 0.3 is 0 Å². The number of hydrogen-bond acceptors (Lipinski definition) is 2. The molecule has 0 bridgehead atoms. The van der Waals surface area contributed by atoms with Crippen molar-refractivity contribution < 1.29 is 0 Å². The molecule has 0 amide bonds. The van der Waals surface area contributed by atoms with Crippen LogP contribution in [0.5, 0.6) is 0 Å². The molecule has 1 aliphatic carbocycles. The van der Waals surface area contributed by atoms with Crippen molar-refractivity contribution in [3.8, 4) is 0 Å². The quantitative estimate of drug-likeness (QED) is 0.719. The average molecular weight is 300 g/mol. The van der Waals surface area contributed by atoms with E-state index in [0.29, 0.717) is 5.41 Å². The Morgan fingerprint density at radius 3 is 2.68 bits per heavy atom. The summed E-state index contributed by atoms with van der Waals surface area (Å²) in [7, 11) is 2.19. The minimum atomic E-state index is 0.389. The van der Waals surface area contributed by atoms with Crippen molar-refractivity contribution in [3.63, 3.8) is 0 Å². The van der Waals surface area contributed by atoms with Crippen LogP contribution in [0.3, 0.4) is 0 Å². The second-order valence-corrected chi connectivity index (χ2v) is 7.84. The standard InChI is InChI=1S/C20H32N2/c1-15(17(3)21-14-18-8-9-18)7-10-19-16(2)13-20(4,5)11-12-22(19)6/h7,10,18,21H,1,3,8-9,11-14H2,2,4-6H3/b10-7-. The summed E-state index contributed by atoms with van der Waals surface area (Å²) in [6.07, 6.45) is 9.42. The van der Waals surface area contributed by atoms with Gasteiger partial charge in [-0.25, -0.2) is 0 Å². The first kappa shape index (κ1) is 16.9. The summed E-state index contributed by atoms with van der Waals surface area (Å²) in [6.45, 7) is 17.4. The van der Waals surface area contributed by atoms with E-state index in [1.54, 1.807) is 0 Å². The number of rotatable bonds is 6. The van der Waals surface area contributed by atoms with Crippen molar-refractivity contribution in [2.45, 2.75) is 46.5 Å². The Hall–Kier alpha value is -1.44. The van der Waals surface area contributed by atoms with E-state index >= 15 is 0 Å². The van der Waals surface area contributed by atoms with E-state index in [-0.39, 0.29) is 0 Å². The zero-order chi connectivity index (χ0) is 16.3. The monoisotopic (exact) mass is 300 g/mol. The summed E-state index contributed by atoms with van der Waals surface area (Å²) in [5.74, 6) is 0.855. The van der Waals surface area contributed by atoms with Crippen LogP contribution in [0, 0.1) is 11.3 Å². The maximum Gasteiger partial charge on any atom is 0.0353 e. The summed E-state index contributed by atoms with van der Waals surface area (Å²) in [4.78, 5) is 2.37. The van der Waals surface area contributed by atoms with Crippen LogP contribution in [0.1, 0.15) is 46.5 Å². The molecule has 22 heavy (non-hydrogen) atoms. The lowest BCUT2D eigenvalue weighted by Crippen LogP contribution is -2.20. The van der Waals surface area contributed by atoms with Crippen molar-refractivity contribution in [2.75, 3.05) is 20.1 Å². The molecule has 122 valence electrons. The SMILES string of the molecule is C=C(/C=C\C1=C(C)CC(C)(C)CCN1C)C(=C)NCC1CC1. The van der Waals surface area contributed by atoms with E-state index in [2.05, 4.69) is 63.3 Å². The molecule has 0 radical (unpaired) electrons. The highest BCUT2D eigenvalue weighted by Gasteiger charge is 2.24. The molecule has 1 heterocycles. The molecule has 2 rings (SSSR count). The van der Waals surface area contributed by atoms with Crippen LogP contribution in [-0.4, -0.2) is 25.0 Å². The summed E-state index contributed by atoms with van der Waals surface area (Å²) in [5, 5.41) is 3.41. The maximum atomic E-state index is 4.15. The molecule has 1 aliphatic heterocycles. The maximum absolute atomic E-state index is 4.15. The van der Waals surface area contributed by atoms with E-state index in [9.17, 15) is 0 Å². The van der Waals surface area contributed by atoms with E-state index in [1.807, 2.05) is 0 Å². The Morgan fingerprint density at radius 1 is 1.36 bits per heavy atom. The van der Waals surface area contributed by atoms with Gasteiger partial charge in [-0.15, -0.1) is 0 Å². The van der Waals surface area contributed by atoms with E-state index in [0.717, 1.165) is 36.7 Å². The van der Waals surface area contributed by atoms with Crippen LogP contribution in [-0.2, 0) is 0 Å². The molecule has 0 aromatic carbocycles. The Balaban J connectivity index is 1.99. The molecule has 0 unspecified atom stereocenters.